The summed E-state index contributed by atoms with van der Waals surface area (Å²) in [4.78, 5) is 20.7. The maximum absolute atomic E-state index is 15.2. The van der Waals surface area contributed by atoms with E-state index in [0.717, 1.165) is 11.3 Å². The van der Waals surface area contributed by atoms with Crippen LogP contribution in [0.25, 0.3) is 21.9 Å². The highest BCUT2D eigenvalue weighted by Gasteiger charge is 2.22. The number of rotatable bonds is 3. The molecule has 1 aromatic carbocycles. The second kappa shape index (κ2) is 8.12. The van der Waals surface area contributed by atoms with E-state index in [1.807, 2.05) is 6.92 Å². The fourth-order valence-corrected chi connectivity index (χ4v) is 3.95. The number of nitrogens with two attached hydrogens (primary N) is 1. The number of amides is 1. The van der Waals surface area contributed by atoms with Crippen molar-refractivity contribution >= 4 is 34.1 Å². The van der Waals surface area contributed by atoms with Crippen LogP contribution < -0.4 is 21.1 Å². The molecular formula is C22H22FN5O4. The molecule has 4 N–H and O–H groups in total. The molecule has 166 valence electrons. The van der Waals surface area contributed by atoms with Crippen molar-refractivity contribution in [2.75, 3.05) is 42.7 Å². The van der Waals surface area contributed by atoms with E-state index in [1.54, 1.807) is 18.3 Å². The largest absolute Gasteiger partial charge is 0.474 e. The van der Waals surface area contributed by atoms with Crippen molar-refractivity contribution in [3.8, 4) is 17.0 Å². The number of benzene rings is 1. The maximum Gasteiger partial charge on any atom is 0.413 e. The average molecular weight is 439 g/mol. The minimum absolute atomic E-state index is 0.0245. The smallest absolute Gasteiger partial charge is 0.413 e. The van der Waals surface area contributed by atoms with Gasteiger partial charge in [-0.3, -0.25) is 5.32 Å². The molecule has 2 aliphatic heterocycles. The van der Waals surface area contributed by atoms with E-state index >= 15 is 4.39 Å². The number of carbonyl (C=O) groups is 1. The lowest BCUT2D eigenvalue weighted by Gasteiger charge is -2.22. The molecule has 2 aliphatic rings. The molecule has 0 unspecified atom stereocenters. The highest BCUT2D eigenvalue weighted by atomic mass is 19.1. The molecule has 1 atom stereocenters. The summed E-state index contributed by atoms with van der Waals surface area (Å²) in [5.41, 5.74) is 8.53. The minimum Gasteiger partial charge on any atom is -0.474 e. The van der Waals surface area contributed by atoms with Crippen LogP contribution in [0.4, 0.5) is 26.4 Å². The first-order valence-electron chi connectivity index (χ1n) is 10.3. The summed E-state index contributed by atoms with van der Waals surface area (Å²) < 4.78 is 31.3. The van der Waals surface area contributed by atoms with Gasteiger partial charge in [0.05, 0.1) is 18.9 Å². The Hall–Kier alpha value is -3.66. The first kappa shape index (κ1) is 20.3. The first-order chi connectivity index (χ1) is 15.5. The normalized spacial score (nSPS) is 17.4. The van der Waals surface area contributed by atoms with Crippen LogP contribution in [0.15, 0.2) is 24.5 Å². The highest BCUT2D eigenvalue weighted by Crippen LogP contribution is 2.39. The van der Waals surface area contributed by atoms with Gasteiger partial charge in [0.25, 0.3) is 0 Å². The Morgan fingerprint density at radius 1 is 1.28 bits per heavy atom. The van der Waals surface area contributed by atoms with E-state index in [9.17, 15) is 4.79 Å². The van der Waals surface area contributed by atoms with Crippen molar-refractivity contribution in [2.45, 2.75) is 19.4 Å². The molecule has 32 heavy (non-hydrogen) atoms. The minimum atomic E-state index is -0.622. The number of fused-ring (bicyclic) bond motifs is 2. The Kier molecular flexibility index (Phi) is 5.14. The second-order valence-corrected chi connectivity index (χ2v) is 7.71. The zero-order valence-electron chi connectivity index (χ0n) is 17.4. The van der Waals surface area contributed by atoms with Crippen LogP contribution in [0.2, 0.25) is 0 Å². The number of carbonyl (C=O) groups excluding carboxylic acids is 1. The Labute approximate surface area is 183 Å². The predicted octanol–water partition coefficient (Wildman–Crippen LogP) is 3.47. The zero-order chi connectivity index (χ0) is 22.2. The van der Waals surface area contributed by atoms with E-state index in [4.69, 9.17) is 19.9 Å². The van der Waals surface area contributed by atoms with Gasteiger partial charge in [-0.15, -0.1) is 0 Å². The summed E-state index contributed by atoms with van der Waals surface area (Å²) >= 11 is 0. The number of nitrogens with zero attached hydrogens (tertiary/aromatic N) is 2. The van der Waals surface area contributed by atoms with Gasteiger partial charge in [-0.2, -0.15) is 0 Å². The molecule has 9 nitrogen and oxygen atoms in total. The van der Waals surface area contributed by atoms with E-state index in [0.29, 0.717) is 60.6 Å². The Balaban J connectivity index is 1.50. The summed E-state index contributed by atoms with van der Waals surface area (Å²) in [5, 5.41) is 6.92. The monoisotopic (exact) mass is 439 g/mol. The summed E-state index contributed by atoms with van der Waals surface area (Å²) in [7, 11) is 0. The van der Waals surface area contributed by atoms with Crippen LogP contribution in [0.3, 0.4) is 0 Å². The number of nitrogens with one attached hydrogen (secondary N) is 2. The van der Waals surface area contributed by atoms with Crippen LogP contribution in [0.1, 0.15) is 12.0 Å². The van der Waals surface area contributed by atoms with Gasteiger partial charge in [0.15, 0.2) is 5.82 Å². The molecule has 0 bridgehead atoms. The van der Waals surface area contributed by atoms with Crippen molar-refractivity contribution < 1.29 is 23.4 Å². The van der Waals surface area contributed by atoms with E-state index < -0.39 is 11.9 Å². The SMILES string of the molecule is Cc1c(-c2cc3cc(NC(=O)O[C@H]4CCOC4)ncc3c(N)c2F)cnc2c1NCCO2. The molecule has 3 aromatic rings. The molecule has 4 heterocycles. The van der Waals surface area contributed by atoms with Crippen molar-refractivity contribution in [3.05, 3.63) is 35.9 Å². The maximum atomic E-state index is 15.2. The van der Waals surface area contributed by atoms with Gasteiger partial charge in [-0.05, 0) is 30.0 Å². The molecule has 5 rings (SSSR count). The fraction of sp³-hybridized carbons (Fsp3) is 0.318. The van der Waals surface area contributed by atoms with E-state index in [2.05, 4.69) is 20.6 Å². The molecule has 1 saturated heterocycles. The number of pyridine rings is 2. The number of nitrogen functional groups attached to an aromatic ring is 1. The van der Waals surface area contributed by atoms with Gasteiger partial charge in [-0.1, -0.05) is 0 Å². The third kappa shape index (κ3) is 3.62. The lowest BCUT2D eigenvalue weighted by atomic mass is 9.97. The predicted molar refractivity (Wildman–Crippen MR) is 117 cm³/mol. The molecule has 1 fully saturated rings. The highest BCUT2D eigenvalue weighted by molar-refractivity contribution is 5.99. The fourth-order valence-electron chi connectivity index (χ4n) is 3.95. The molecule has 0 aliphatic carbocycles. The van der Waals surface area contributed by atoms with E-state index in [-0.39, 0.29) is 17.6 Å². The van der Waals surface area contributed by atoms with Crippen LogP contribution >= 0.6 is 0 Å². The number of halogens is 1. The van der Waals surface area contributed by atoms with Gasteiger partial charge >= 0.3 is 6.09 Å². The van der Waals surface area contributed by atoms with Gasteiger partial charge in [0, 0.05) is 41.9 Å². The Morgan fingerprint density at radius 2 is 2.16 bits per heavy atom. The summed E-state index contributed by atoms with van der Waals surface area (Å²) in [5.74, 6) is 0.212. The van der Waals surface area contributed by atoms with E-state index in [1.165, 1.54) is 6.20 Å². The first-order valence-corrected chi connectivity index (χ1v) is 10.3. The van der Waals surface area contributed by atoms with Crippen LogP contribution in [-0.4, -0.2) is 48.5 Å². The Bertz CT molecular complexity index is 1210. The molecular weight excluding hydrogens is 417 g/mol. The average Bonchev–Trinajstić information content (AvgIpc) is 3.30. The number of aromatic nitrogens is 2. The number of anilines is 3. The standard InChI is InChI=1S/C22H22FN5O4/c1-11-15(8-27-21-20(11)25-3-5-31-21)14-6-12-7-17(26-9-16(12)19(24)18(14)23)28-22(29)32-13-2-4-30-10-13/h6-9,13,25H,2-5,10,24H2,1H3,(H,26,28,29)/t13-/m0/s1. The summed E-state index contributed by atoms with van der Waals surface area (Å²) in [6.07, 6.45) is 2.77. The van der Waals surface area contributed by atoms with Crippen molar-refractivity contribution in [3.63, 3.8) is 0 Å². The number of hydrogen-bond donors (Lipinski definition) is 3. The molecule has 10 heteroatoms. The second-order valence-electron chi connectivity index (χ2n) is 7.71. The van der Waals surface area contributed by atoms with Crippen molar-refractivity contribution in [1.82, 2.24) is 9.97 Å². The van der Waals surface area contributed by atoms with Crippen LogP contribution in [-0.2, 0) is 9.47 Å². The van der Waals surface area contributed by atoms with Gasteiger partial charge in [0.2, 0.25) is 5.88 Å². The summed E-state index contributed by atoms with van der Waals surface area (Å²) in [6.45, 7) is 3.99. The third-order valence-corrected chi connectivity index (χ3v) is 5.63. The van der Waals surface area contributed by atoms with Crippen molar-refractivity contribution in [2.24, 2.45) is 0 Å². The van der Waals surface area contributed by atoms with Crippen LogP contribution in [0, 0.1) is 12.7 Å². The lowest BCUT2D eigenvalue weighted by Crippen LogP contribution is -2.22. The van der Waals surface area contributed by atoms with Gasteiger partial charge in [-0.25, -0.2) is 19.2 Å². The molecule has 2 aromatic heterocycles. The number of hydrogen-bond acceptors (Lipinski definition) is 8. The zero-order valence-corrected chi connectivity index (χ0v) is 17.4. The summed E-state index contributed by atoms with van der Waals surface area (Å²) in [6, 6.07) is 3.30. The van der Waals surface area contributed by atoms with Gasteiger partial charge < -0.3 is 25.3 Å². The quantitative estimate of drug-likeness (QED) is 0.531. The lowest BCUT2D eigenvalue weighted by molar-refractivity contribution is 0.0931. The molecule has 0 spiro atoms. The Morgan fingerprint density at radius 3 is 2.97 bits per heavy atom. The molecule has 0 saturated carbocycles. The molecule has 1 amide bonds. The van der Waals surface area contributed by atoms with Crippen LogP contribution in [0.5, 0.6) is 5.88 Å². The van der Waals surface area contributed by atoms with Crippen molar-refractivity contribution in [1.29, 1.82) is 0 Å². The number of ether oxygens (including phenoxy) is 3. The topological polar surface area (TPSA) is 121 Å². The van der Waals surface area contributed by atoms with Gasteiger partial charge in [0.1, 0.15) is 24.2 Å². The third-order valence-electron chi connectivity index (χ3n) is 5.63. The molecule has 0 radical (unpaired) electrons.